The molecule has 9 heteroatoms. The number of aromatic nitrogens is 1. The van der Waals surface area contributed by atoms with Crippen molar-refractivity contribution in [2.24, 2.45) is 11.1 Å². The SMILES string of the molecule is NS(=O)(=O)CC1CC(=O)N(C(CC(=O)O)c2cccnc2)C1. The molecule has 2 unspecified atom stereocenters. The molecule has 1 amide bonds. The lowest BCUT2D eigenvalue weighted by molar-refractivity contribution is -0.139. The van der Waals surface area contributed by atoms with Crippen LogP contribution in [0.2, 0.25) is 0 Å². The van der Waals surface area contributed by atoms with Crippen LogP contribution in [0.25, 0.3) is 0 Å². The maximum atomic E-state index is 12.1. The maximum Gasteiger partial charge on any atom is 0.305 e. The minimum Gasteiger partial charge on any atom is -0.481 e. The van der Waals surface area contributed by atoms with E-state index in [2.05, 4.69) is 4.98 Å². The Bertz CT molecular complexity index is 662. The number of aliphatic carboxylic acids is 1. The largest absolute Gasteiger partial charge is 0.481 e. The predicted molar refractivity (Wildman–Crippen MR) is 77.0 cm³/mol. The van der Waals surface area contributed by atoms with Gasteiger partial charge in [0.05, 0.1) is 18.2 Å². The highest BCUT2D eigenvalue weighted by molar-refractivity contribution is 7.89. The van der Waals surface area contributed by atoms with E-state index in [1.54, 1.807) is 18.3 Å². The Morgan fingerprint density at radius 2 is 2.27 bits per heavy atom. The summed E-state index contributed by atoms with van der Waals surface area (Å²) in [5, 5.41) is 14.1. The predicted octanol–water partition coefficient (Wildman–Crippen LogP) is -0.266. The number of carboxylic acids is 1. The number of nitrogens with two attached hydrogens (primary N) is 1. The number of hydrogen-bond donors (Lipinski definition) is 2. The number of pyridine rings is 1. The third kappa shape index (κ3) is 4.25. The van der Waals surface area contributed by atoms with Gasteiger partial charge in [-0.3, -0.25) is 14.6 Å². The van der Waals surface area contributed by atoms with Gasteiger partial charge in [-0.15, -0.1) is 0 Å². The number of sulfonamides is 1. The lowest BCUT2D eigenvalue weighted by Gasteiger charge is -2.27. The lowest BCUT2D eigenvalue weighted by atomic mass is 10.0. The van der Waals surface area contributed by atoms with Crippen molar-refractivity contribution < 1.29 is 23.1 Å². The summed E-state index contributed by atoms with van der Waals surface area (Å²) in [4.78, 5) is 28.6. The molecule has 1 aromatic rings. The molecule has 120 valence electrons. The highest BCUT2D eigenvalue weighted by Crippen LogP contribution is 2.31. The van der Waals surface area contributed by atoms with E-state index in [9.17, 15) is 18.0 Å². The number of likely N-dealkylation sites (tertiary alicyclic amines) is 1. The second-order valence-electron chi connectivity index (χ2n) is 5.35. The molecule has 2 rings (SSSR count). The molecule has 1 saturated heterocycles. The van der Waals surface area contributed by atoms with E-state index in [-0.39, 0.29) is 31.0 Å². The molecule has 1 aromatic heterocycles. The average Bonchev–Trinajstić information content (AvgIpc) is 2.75. The van der Waals surface area contributed by atoms with Crippen molar-refractivity contribution in [1.29, 1.82) is 0 Å². The van der Waals surface area contributed by atoms with Crippen molar-refractivity contribution >= 4 is 21.9 Å². The fourth-order valence-corrected chi connectivity index (χ4v) is 3.58. The van der Waals surface area contributed by atoms with Crippen LogP contribution in [0.4, 0.5) is 0 Å². The Morgan fingerprint density at radius 1 is 1.55 bits per heavy atom. The van der Waals surface area contributed by atoms with Crippen LogP contribution in [0.3, 0.4) is 0 Å². The molecule has 0 aromatic carbocycles. The molecule has 0 radical (unpaired) electrons. The topological polar surface area (TPSA) is 131 Å². The molecule has 1 fully saturated rings. The quantitative estimate of drug-likeness (QED) is 0.740. The van der Waals surface area contributed by atoms with Crippen LogP contribution in [-0.2, 0) is 19.6 Å². The molecule has 3 N–H and O–H groups in total. The smallest absolute Gasteiger partial charge is 0.305 e. The molecule has 2 atom stereocenters. The molecule has 2 heterocycles. The summed E-state index contributed by atoms with van der Waals surface area (Å²) in [6.07, 6.45) is 2.84. The van der Waals surface area contributed by atoms with Crippen LogP contribution in [0, 0.1) is 5.92 Å². The van der Waals surface area contributed by atoms with Gasteiger partial charge in [0.1, 0.15) is 0 Å². The van der Waals surface area contributed by atoms with E-state index in [0.717, 1.165) is 0 Å². The average molecular weight is 327 g/mol. The summed E-state index contributed by atoms with van der Waals surface area (Å²) in [5.41, 5.74) is 0.606. The summed E-state index contributed by atoms with van der Waals surface area (Å²) in [5.74, 6) is -2.03. The van der Waals surface area contributed by atoms with Gasteiger partial charge in [0.2, 0.25) is 15.9 Å². The monoisotopic (exact) mass is 327 g/mol. The van der Waals surface area contributed by atoms with Gasteiger partial charge in [-0.25, -0.2) is 13.6 Å². The standard InChI is InChI=1S/C13H17N3O5S/c14-22(20,21)8-9-4-12(17)16(7-9)11(5-13(18)19)10-2-1-3-15-6-10/h1-3,6,9,11H,4-5,7-8H2,(H,18,19)(H2,14,20,21). The van der Waals surface area contributed by atoms with Crippen LogP contribution in [0.15, 0.2) is 24.5 Å². The molecule has 0 aliphatic carbocycles. The van der Waals surface area contributed by atoms with Crippen LogP contribution < -0.4 is 5.14 Å². The molecular formula is C13H17N3O5S. The molecule has 0 bridgehead atoms. The summed E-state index contributed by atoms with van der Waals surface area (Å²) < 4.78 is 22.3. The zero-order valence-corrected chi connectivity index (χ0v) is 12.6. The first-order valence-electron chi connectivity index (χ1n) is 6.68. The van der Waals surface area contributed by atoms with Gasteiger partial charge >= 0.3 is 5.97 Å². The van der Waals surface area contributed by atoms with E-state index in [4.69, 9.17) is 10.2 Å². The molecule has 0 saturated carbocycles. The second kappa shape index (κ2) is 6.41. The van der Waals surface area contributed by atoms with E-state index in [1.165, 1.54) is 11.1 Å². The fraction of sp³-hybridized carbons (Fsp3) is 0.462. The van der Waals surface area contributed by atoms with Gasteiger partial charge in [-0.1, -0.05) is 6.07 Å². The van der Waals surface area contributed by atoms with E-state index in [1.807, 2.05) is 0 Å². The number of nitrogens with zero attached hydrogens (tertiary/aromatic N) is 2. The molecule has 0 spiro atoms. The van der Waals surface area contributed by atoms with Crippen molar-refractivity contribution in [1.82, 2.24) is 9.88 Å². The minimum absolute atomic E-state index is 0.0484. The number of amides is 1. The molecule has 1 aliphatic heterocycles. The van der Waals surface area contributed by atoms with Crippen LogP contribution in [-0.4, -0.2) is 47.6 Å². The van der Waals surface area contributed by atoms with Crippen molar-refractivity contribution in [3.63, 3.8) is 0 Å². The summed E-state index contributed by atoms with van der Waals surface area (Å²) in [6, 6.07) is 2.69. The van der Waals surface area contributed by atoms with E-state index < -0.39 is 28.0 Å². The first kappa shape index (κ1) is 16.4. The normalized spacial score (nSPS) is 20.1. The third-order valence-electron chi connectivity index (χ3n) is 3.52. The van der Waals surface area contributed by atoms with Gasteiger partial charge in [0.15, 0.2) is 0 Å². The van der Waals surface area contributed by atoms with E-state index >= 15 is 0 Å². The molecule has 22 heavy (non-hydrogen) atoms. The summed E-state index contributed by atoms with van der Waals surface area (Å²) in [6.45, 7) is 0.169. The Hall–Kier alpha value is -2.00. The van der Waals surface area contributed by atoms with Gasteiger partial charge in [-0.2, -0.15) is 0 Å². The lowest BCUT2D eigenvalue weighted by Crippen LogP contribution is -2.33. The van der Waals surface area contributed by atoms with Crippen LogP contribution in [0.1, 0.15) is 24.4 Å². The van der Waals surface area contributed by atoms with E-state index in [0.29, 0.717) is 5.56 Å². The molecule has 1 aliphatic rings. The Balaban J connectivity index is 2.21. The van der Waals surface area contributed by atoms with Gasteiger partial charge in [0, 0.05) is 31.3 Å². The fourth-order valence-electron chi connectivity index (χ4n) is 2.70. The number of carbonyl (C=O) groups is 2. The Kier molecular flexibility index (Phi) is 4.77. The van der Waals surface area contributed by atoms with Crippen LogP contribution in [0.5, 0.6) is 0 Å². The highest BCUT2D eigenvalue weighted by atomic mass is 32.2. The highest BCUT2D eigenvalue weighted by Gasteiger charge is 2.37. The molecular weight excluding hydrogens is 310 g/mol. The zero-order valence-electron chi connectivity index (χ0n) is 11.8. The number of rotatable bonds is 6. The number of carbonyl (C=O) groups excluding carboxylic acids is 1. The maximum absolute atomic E-state index is 12.1. The second-order valence-corrected chi connectivity index (χ2v) is 7.00. The van der Waals surface area contributed by atoms with Gasteiger partial charge < -0.3 is 10.0 Å². The minimum atomic E-state index is -3.68. The first-order chi connectivity index (χ1) is 10.3. The first-order valence-corrected chi connectivity index (χ1v) is 8.39. The van der Waals surface area contributed by atoms with Gasteiger partial charge in [0.25, 0.3) is 0 Å². The van der Waals surface area contributed by atoms with Crippen LogP contribution >= 0.6 is 0 Å². The zero-order chi connectivity index (χ0) is 16.3. The van der Waals surface area contributed by atoms with Crippen molar-refractivity contribution in [3.05, 3.63) is 30.1 Å². The summed E-state index contributed by atoms with van der Waals surface area (Å²) >= 11 is 0. The Morgan fingerprint density at radius 3 is 2.82 bits per heavy atom. The van der Waals surface area contributed by atoms with Crippen molar-refractivity contribution in [2.45, 2.75) is 18.9 Å². The summed E-state index contributed by atoms with van der Waals surface area (Å²) in [7, 11) is -3.68. The Labute approximate surface area is 128 Å². The van der Waals surface area contributed by atoms with Crippen molar-refractivity contribution in [2.75, 3.05) is 12.3 Å². The third-order valence-corrected chi connectivity index (χ3v) is 4.46. The number of carboxylic acid groups (broad SMARTS) is 1. The van der Waals surface area contributed by atoms with Crippen molar-refractivity contribution in [3.8, 4) is 0 Å². The molecule has 8 nitrogen and oxygen atoms in total. The number of hydrogen-bond acceptors (Lipinski definition) is 5. The van der Waals surface area contributed by atoms with Gasteiger partial charge in [-0.05, 0) is 11.6 Å². The number of primary sulfonamides is 1.